The lowest BCUT2D eigenvalue weighted by atomic mass is 9.92. The van der Waals surface area contributed by atoms with Gasteiger partial charge in [-0.1, -0.05) is 11.2 Å². The molecule has 4 nitrogen and oxygen atoms in total. The number of rotatable bonds is 5. The third-order valence-electron chi connectivity index (χ3n) is 4.27. The molecule has 124 valence electrons. The van der Waals surface area contributed by atoms with Crippen LogP contribution in [0.3, 0.4) is 0 Å². The highest BCUT2D eigenvalue weighted by atomic mass is 32.2. The smallest absolute Gasteiger partial charge is 0.160 e. The Hall–Kier alpha value is -1.75. The molecule has 0 N–H and O–H groups in total. The van der Waals surface area contributed by atoms with Crippen molar-refractivity contribution < 1.29 is 13.5 Å². The number of hydrogen-bond donors (Lipinski definition) is 0. The molecule has 2 aromatic rings. The Labute approximate surface area is 139 Å². The average molecular weight is 333 g/mol. The van der Waals surface area contributed by atoms with E-state index < -0.39 is 10.8 Å². The molecule has 0 bridgehead atoms. The third kappa shape index (κ3) is 3.61. The van der Waals surface area contributed by atoms with Crippen molar-refractivity contribution in [3.05, 3.63) is 50.9 Å². The van der Waals surface area contributed by atoms with Crippen molar-refractivity contribution in [1.29, 1.82) is 0 Å². The predicted molar refractivity (Wildman–Crippen MR) is 92.2 cm³/mol. The van der Waals surface area contributed by atoms with Crippen LogP contribution in [0.1, 0.15) is 56.6 Å². The maximum absolute atomic E-state index is 12.6. The van der Waals surface area contributed by atoms with Gasteiger partial charge in [0, 0.05) is 27.7 Å². The fraction of sp³-hybridized carbons (Fsp3) is 0.444. The van der Waals surface area contributed by atoms with Gasteiger partial charge in [-0.15, -0.1) is 0 Å². The van der Waals surface area contributed by atoms with Crippen molar-refractivity contribution in [3.8, 4) is 0 Å². The van der Waals surface area contributed by atoms with Crippen LogP contribution in [0.2, 0.25) is 0 Å². The molecule has 1 aromatic carbocycles. The molecule has 1 heterocycles. The molecule has 0 saturated carbocycles. The van der Waals surface area contributed by atoms with E-state index in [4.69, 9.17) is 4.52 Å². The Kier molecular flexibility index (Phi) is 5.19. The number of ketones is 1. The topological polar surface area (TPSA) is 60.2 Å². The van der Waals surface area contributed by atoms with Crippen molar-refractivity contribution >= 4 is 16.6 Å². The first-order valence-electron chi connectivity index (χ1n) is 7.59. The van der Waals surface area contributed by atoms with Gasteiger partial charge in [-0.05, 0) is 63.8 Å². The Bertz CT molecular complexity index is 771. The summed E-state index contributed by atoms with van der Waals surface area (Å²) in [5, 5.41) is 3.91. The summed E-state index contributed by atoms with van der Waals surface area (Å²) in [6.45, 7) is 11.2. The Morgan fingerprint density at radius 3 is 2.22 bits per heavy atom. The number of benzene rings is 1. The van der Waals surface area contributed by atoms with Crippen LogP contribution in [0.15, 0.2) is 10.6 Å². The molecular formula is C18H23NO3S. The van der Waals surface area contributed by atoms with Crippen molar-refractivity contribution in [2.45, 2.75) is 53.0 Å². The van der Waals surface area contributed by atoms with Gasteiger partial charge in [0.1, 0.15) is 5.76 Å². The van der Waals surface area contributed by atoms with E-state index in [1.807, 2.05) is 40.7 Å². The van der Waals surface area contributed by atoms with Crippen LogP contribution in [-0.4, -0.2) is 15.1 Å². The molecule has 0 radical (unpaired) electrons. The number of Topliss-reactive ketones (excluding diaryl/α,β-unsaturated/α-hetero) is 1. The van der Waals surface area contributed by atoms with Crippen LogP contribution in [0.5, 0.6) is 0 Å². The van der Waals surface area contributed by atoms with E-state index in [9.17, 15) is 9.00 Å². The molecule has 0 aliphatic rings. The van der Waals surface area contributed by atoms with Crippen LogP contribution in [0.25, 0.3) is 0 Å². The van der Waals surface area contributed by atoms with Crippen LogP contribution < -0.4 is 0 Å². The maximum atomic E-state index is 12.6. The first kappa shape index (κ1) is 17.6. The summed E-state index contributed by atoms with van der Waals surface area (Å²) >= 11 is 0. The normalized spacial score (nSPS) is 12.4. The van der Waals surface area contributed by atoms with Gasteiger partial charge in [-0.3, -0.25) is 9.00 Å². The van der Waals surface area contributed by atoms with Crippen molar-refractivity contribution in [3.63, 3.8) is 0 Å². The second-order valence-electron chi connectivity index (χ2n) is 6.08. The fourth-order valence-electron chi connectivity index (χ4n) is 3.07. The van der Waals surface area contributed by atoms with E-state index in [1.165, 1.54) is 0 Å². The summed E-state index contributed by atoms with van der Waals surface area (Å²) in [6, 6.07) is 2.01. The number of hydrogen-bond acceptors (Lipinski definition) is 4. The zero-order chi connectivity index (χ0) is 17.3. The molecule has 0 amide bonds. The van der Waals surface area contributed by atoms with Gasteiger partial charge in [0.25, 0.3) is 0 Å². The van der Waals surface area contributed by atoms with E-state index in [0.29, 0.717) is 11.5 Å². The van der Waals surface area contributed by atoms with Gasteiger partial charge in [0.05, 0.1) is 11.4 Å². The molecular weight excluding hydrogens is 310 g/mol. The highest BCUT2D eigenvalue weighted by Crippen LogP contribution is 2.25. The van der Waals surface area contributed by atoms with Crippen LogP contribution in [-0.2, 0) is 22.3 Å². The van der Waals surface area contributed by atoms with E-state index in [1.54, 1.807) is 6.92 Å². The lowest BCUT2D eigenvalue weighted by Crippen LogP contribution is -2.09. The van der Waals surface area contributed by atoms with Gasteiger partial charge >= 0.3 is 0 Å². The van der Waals surface area contributed by atoms with Gasteiger partial charge in [-0.2, -0.15) is 0 Å². The highest BCUT2D eigenvalue weighted by Gasteiger charge is 2.18. The first-order chi connectivity index (χ1) is 10.7. The van der Waals surface area contributed by atoms with E-state index in [2.05, 4.69) is 5.16 Å². The van der Waals surface area contributed by atoms with Crippen molar-refractivity contribution in [1.82, 2.24) is 5.16 Å². The summed E-state index contributed by atoms with van der Waals surface area (Å²) in [6.07, 6.45) is 0. The monoisotopic (exact) mass is 333 g/mol. The minimum Gasteiger partial charge on any atom is -0.361 e. The molecule has 0 aliphatic heterocycles. The fourth-order valence-corrected chi connectivity index (χ4v) is 4.67. The average Bonchev–Trinajstić information content (AvgIpc) is 2.74. The van der Waals surface area contributed by atoms with Crippen molar-refractivity contribution in [2.24, 2.45) is 0 Å². The van der Waals surface area contributed by atoms with E-state index in [-0.39, 0.29) is 5.78 Å². The summed E-state index contributed by atoms with van der Waals surface area (Å²) in [4.78, 5) is 11.9. The second kappa shape index (κ2) is 6.79. The molecule has 0 saturated heterocycles. The van der Waals surface area contributed by atoms with Gasteiger partial charge in [-0.25, -0.2) is 0 Å². The first-order valence-corrected chi connectivity index (χ1v) is 9.08. The third-order valence-corrected chi connectivity index (χ3v) is 5.50. The van der Waals surface area contributed by atoms with E-state index in [0.717, 1.165) is 44.8 Å². The van der Waals surface area contributed by atoms with Crippen molar-refractivity contribution in [2.75, 3.05) is 0 Å². The standard InChI is InChI=1S/C18H23NO3S/c1-10-7-11(2)18(14(5)20)12(3)16(10)8-23(21)9-17-13(4)19-22-15(17)6/h7H,8-9H2,1-6H3. The largest absolute Gasteiger partial charge is 0.361 e. The minimum atomic E-state index is -1.08. The summed E-state index contributed by atoms with van der Waals surface area (Å²) in [7, 11) is -1.08. The molecule has 23 heavy (non-hydrogen) atoms. The van der Waals surface area contributed by atoms with Crippen LogP contribution >= 0.6 is 0 Å². The molecule has 5 heteroatoms. The second-order valence-corrected chi connectivity index (χ2v) is 7.53. The Morgan fingerprint density at radius 2 is 1.70 bits per heavy atom. The van der Waals surface area contributed by atoms with Gasteiger partial charge in [0.2, 0.25) is 0 Å². The number of carbonyl (C=O) groups is 1. The Morgan fingerprint density at radius 1 is 1.09 bits per heavy atom. The molecule has 0 fully saturated rings. The summed E-state index contributed by atoms with van der Waals surface area (Å²) in [5.41, 5.74) is 6.47. The molecule has 1 aromatic heterocycles. The van der Waals surface area contributed by atoms with Gasteiger partial charge < -0.3 is 4.52 Å². The predicted octanol–water partition coefficient (Wildman–Crippen LogP) is 3.87. The molecule has 1 unspecified atom stereocenters. The van der Waals surface area contributed by atoms with Crippen LogP contribution in [0, 0.1) is 34.6 Å². The van der Waals surface area contributed by atoms with Gasteiger partial charge in [0.15, 0.2) is 5.78 Å². The SMILES string of the molecule is CC(=O)c1c(C)cc(C)c(CS(=O)Cc2c(C)noc2C)c1C. The lowest BCUT2D eigenvalue weighted by molar-refractivity contribution is 0.101. The summed E-state index contributed by atoms with van der Waals surface area (Å²) < 4.78 is 17.7. The molecule has 2 rings (SSSR count). The molecule has 0 spiro atoms. The highest BCUT2D eigenvalue weighted by molar-refractivity contribution is 7.83. The molecule has 1 atom stereocenters. The maximum Gasteiger partial charge on any atom is 0.160 e. The summed E-state index contributed by atoms with van der Waals surface area (Å²) in [5.74, 6) is 1.63. The van der Waals surface area contributed by atoms with Crippen LogP contribution in [0.4, 0.5) is 0 Å². The molecule has 0 aliphatic carbocycles. The lowest BCUT2D eigenvalue weighted by Gasteiger charge is -2.15. The number of nitrogens with zero attached hydrogens (tertiary/aromatic N) is 1. The number of aryl methyl sites for hydroxylation is 4. The number of carbonyl (C=O) groups excluding carboxylic acids is 1. The zero-order valence-corrected chi connectivity index (χ0v) is 15.4. The quantitative estimate of drug-likeness (QED) is 0.779. The van der Waals surface area contributed by atoms with E-state index >= 15 is 0 Å². The Balaban J connectivity index is 2.31. The zero-order valence-electron chi connectivity index (χ0n) is 14.6. The minimum absolute atomic E-state index is 0.0535. The number of aromatic nitrogens is 1.